The van der Waals surface area contributed by atoms with Crippen molar-refractivity contribution in [2.75, 3.05) is 5.75 Å². The molecule has 6 nitrogen and oxygen atoms in total. The van der Waals surface area contributed by atoms with Gasteiger partial charge < -0.3 is 10.1 Å². The number of benzene rings is 1. The minimum Gasteiger partial charge on any atom is -0.505 e. The third kappa shape index (κ3) is 2.21. The van der Waals surface area contributed by atoms with Gasteiger partial charge in [0.2, 0.25) is 5.16 Å². The van der Waals surface area contributed by atoms with Crippen molar-refractivity contribution >= 4 is 21.8 Å². The summed E-state index contributed by atoms with van der Waals surface area (Å²) in [6.07, 6.45) is 1.56. The molecule has 0 fully saturated rings. The van der Waals surface area contributed by atoms with Crippen molar-refractivity contribution in [3.05, 3.63) is 46.6 Å². The summed E-state index contributed by atoms with van der Waals surface area (Å²) in [7, 11) is -1.52. The van der Waals surface area contributed by atoms with E-state index >= 15 is 0 Å². The van der Waals surface area contributed by atoms with Gasteiger partial charge in [-0.25, -0.2) is 9.37 Å². The molecule has 1 unspecified atom stereocenters. The summed E-state index contributed by atoms with van der Waals surface area (Å²) >= 11 is 0. The molecule has 0 bridgehead atoms. The normalized spacial score (nSPS) is 12.6. The van der Waals surface area contributed by atoms with Crippen LogP contribution >= 0.6 is 0 Å². The molecule has 0 spiro atoms. The van der Waals surface area contributed by atoms with Gasteiger partial charge in [0, 0.05) is 18.0 Å². The molecular formula is C14H12FN3O3S. The third-order valence-electron chi connectivity index (χ3n) is 3.21. The van der Waals surface area contributed by atoms with Crippen molar-refractivity contribution in [3.8, 4) is 11.4 Å². The van der Waals surface area contributed by atoms with E-state index in [9.17, 15) is 18.5 Å². The molecule has 8 heteroatoms. The topological polar surface area (TPSA) is 88.0 Å². The van der Waals surface area contributed by atoms with Crippen LogP contribution in [0, 0.1) is 5.82 Å². The van der Waals surface area contributed by atoms with E-state index in [0.29, 0.717) is 11.0 Å². The van der Waals surface area contributed by atoms with E-state index in [2.05, 4.69) is 9.97 Å². The summed E-state index contributed by atoms with van der Waals surface area (Å²) in [6.45, 7) is 1.70. The molecule has 0 saturated heterocycles. The lowest BCUT2D eigenvalue weighted by atomic mass is 10.3. The van der Waals surface area contributed by atoms with Gasteiger partial charge in [0.1, 0.15) is 5.65 Å². The first-order valence-corrected chi connectivity index (χ1v) is 7.82. The zero-order valence-electron chi connectivity index (χ0n) is 11.5. The highest BCUT2D eigenvalue weighted by atomic mass is 32.2. The molecular weight excluding hydrogens is 309 g/mol. The van der Waals surface area contributed by atoms with Gasteiger partial charge in [-0.2, -0.15) is 0 Å². The number of halogens is 1. The van der Waals surface area contributed by atoms with Crippen LogP contribution < -0.4 is 5.56 Å². The van der Waals surface area contributed by atoms with Crippen molar-refractivity contribution in [3.63, 3.8) is 0 Å². The SMILES string of the molecule is CCS(=O)c1nc2[nH]ccc2c(=O)n1-c1ccc(O)c(F)c1. The molecule has 0 aliphatic carbocycles. The Morgan fingerprint density at radius 3 is 2.86 bits per heavy atom. The fraction of sp³-hybridized carbons (Fsp3) is 0.143. The van der Waals surface area contributed by atoms with E-state index in [1.807, 2.05) is 0 Å². The van der Waals surface area contributed by atoms with E-state index in [1.165, 1.54) is 6.07 Å². The van der Waals surface area contributed by atoms with Crippen molar-refractivity contribution in [2.45, 2.75) is 12.1 Å². The van der Waals surface area contributed by atoms with Crippen LogP contribution in [0.1, 0.15) is 6.92 Å². The Morgan fingerprint density at radius 1 is 1.41 bits per heavy atom. The van der Waals surface area contributed by atoms with Gasteiger partial charge >= 0.3 is 0 Å². The van der Waals surface area contributed by atoms with Crippen molar-refractivity contribution in [1.29, 1.82) is 0 Å². The zero-order valence-corrected chi connectivity index (χ0v) is 12.4. The number of aromatic amines is 1. The molecule has 0 aliphatic rings. The first kappa shape index (κ1) is 14.5. The maximum atomic E-state index is 13.6. The van der Waals surface area contributed by atoms with Gasteiger partial charge in [-0.05, 0) is 18.2 Å². The van der Waals surface area contributed by atoms with Crippen LogP contribution in [0.25, 0.3) is 16.7 Å². The molecule has 1 aromatic carbocycles. The number of rotatable bonds is 3. The standard InChI is InChI=1S/C14H12FN3O3S/c1-2-22(21)14-17-12-9(5-6-16-12)13(20)18(14)8-3-4-11(19)10(15)7-8/h3-7,16,19H,2H2,1H3. The van der Waals surface area contributed by atoms with Crippen molar-refractivity contribution in [2.24, 2.45) is 0 Å². The second-order valence-electron chi connectivity index (χ2n) is 4.54. The van der Waals surface area contributed by atoms with Crippen LogP contribution in [0.5, 0.6) is 5.75 Å². The number of nitrogens with zero attached hydrogens (tertiary/aromatic N) is 2. The molecule has 0 radical (unpaired) electrons. The summed E-state index contributed by atoms with van der Waals surface area (Å²) in [5.74, 6) is -1.13. The average Bonchev–Trinajstić information content (AvgIpc) is 2.98. The molecule has 2 aromatic heterocycles. The van der Waals surface area contributed by atoms with Crippen LogP contribution in [-0.2, 0) is 10.8 Å². The third-order valence-corrected chi connectivity index (χ3v) is 4.42. The summed E-state index contributed by atoms with van der Waals surface area (Å²) < 4.78 is 26.9. The lowest BCUT2D eigenvalue weighted by Crippen LogP contribution is -2.24. The molecule has 2 heterocycles. The Morgan fingerprint density at radius 2 is 2.18 bits per heavy atom. The van der Waals surface area contributed by atoms with E-state index < -0.39 is 27.9 Å². The van der Waals surface area contributed by atoms with Crippen LogP contribution in [0.2, 0.25) is 0 Å². The Bertz CT molecular complexity index is 948. The number of phenols is 1. The maximum Gasteiger partial charge on any atom is 0.268 e. The highest BCUT2D eigenvalue weighted by molar-refractivity contribution is 7.84. The van der Waals surface area contributed by atoms with Gasteiger partial charge in [-0.3, -0.25) is 13.6 Å². The minimum atomic E-state index is -1.52. The lowest BCUT2D eigenvalue weighted by molar-refractivity contribution is 0.432. The van der Waals surface area contributed by atoms with Gasteiger partial charge in [-0.1, -0.05) is 6.92 Å². The van der Waals surface area contributed by atoms with E-state index in [4.69, 9.17) is 0 Å². The number of aromatic hydroxyl groups is 1. The second-order valence-corrected chi connectivity index (χ2v) is 6.18. The Balaban J connectivity index is 2.39. The van der Waals surface area contributed by atoms with Gasteiger partial charge in [0.15, 0.2) is 11.6 Å². The van der Waals surface area contributed by atoms with Crippen LogP contribution in [0.4, 0.5) is 4.39 Å². The molecule has 114 valence electrons. The van der Waals surface area contributed by atoms with E-state index in [-0.39, 0.29) is 16.6 Å². The maximum absolute atomic E-state index is 13.6. The van der Waals surface area contributed by atoms with Crippen LogP contribution in [0.3, 0.4) is 0 Å². The van der Waals surface area contributed by atoms with Crippen molar-refractivity contribution in [1.82, 2.24) is 14.5 Å². The van der Waals surface area contributed by atoms with Gasteiger partial charge in [0.05, 0.1) is 21.9 Å². The van der Waals surface area contributed by atoms with Crippen LogP contribution in [0.15, 0.2) is 40.4 Å². The predicted molar refractivity (Wildman–Crippen MR) is 80.3 cm³/mol. The Hall–Kier alpha value is -2.48. The molecule has 0 amide bonds. The first-order chi connectivity index (χ1) is 10.5. The lowest BCUT2D eigenvalue weighted by Gasteiger charge is -2.11. The molecule has 0 aliphatic heterocycles. The van der Waals surface area contributed by atoms with Crippen LogP contribution in [-0.4, -0.2) is 29.6 Å². The first-order valence-electron chi connectivity index (χ1n) is 6.50. The smallest absolute Gasteiger partial charge is 0.268 e. The monoisotopic (exact) mass is 321 g/mol. The minimum absolute atomic E-state index is 0.0348. The number of fused-ring (bicyclic) bond motifs is 1. The summed E-state index contributed by atoms with van der Waals surface area (Å²) in [5, 5.41) is 9.63. The van der Waals surface area contributed by atoms with Gasteiger partial charge in [-0.15, -0.1) is 0 Å². The van der Waals surface area contributed by atoms with Crippen molar-refractivity contribution < 1.29 is 13.7 Å². The van der Waals surface area contributed by atoms with E-state index in [0.717, 1.165) is 16.7 Å². The summed E-state index contributed by atoms with van der Waals surface area (Å²) in [5.41, 5.74) is 0.0399. The molecule has 22 heavy (non-hydrogen) atoms. The Kier molecular flexibility index (Phi) is 3.53. The molecule has 1 atom stereocenters. The summed E-state index contributed by atoms with van der Waals surface area (Å²) in [4.78, 5) is 19.6. The summed E-state index contributed by atoms with van der Waals surface area (Å²) in [6, 6.07) is 5.07. The highest BCUT2D eigenvalue weighted by Gasteiger charge is 2.18. The number of nitrogens with one attached hydrogen (secondary N) is 1. The quantitative estimate of drug-likeness (QED) is 0.719. The number of phenolic OH excluding ortho intramolecular Hbond substituents is 1. The molecule has 2 N–H and O–H groups in total. The van der Waals surface area contributed by atoms with E-state index in [1.54, 1.807) is 19.2 Å². The predicted octanol–water partition coefficient (Wildman–Crippen LogP) is 1.69. The molecule has 3 aromatic rings. The second kappa shape index (κ2) is 5.38. The molecule has 3 rings (SSSR count). The number of aromatic nitrogens is 3. The average molecular weight is 321 g/mol. The number of H-pyrrole nitrogens is 1. The molecule has 0 saturated carbocycles. The highest BCUT2D eigenvalue weighted by Crippen LogP contribution is 2.20. The fourth-order valence-corrected chi connectivity index (χ4v) is 2.97. The fourth-order valence-electron chi connectivity index (χ4n) is 2.12. The number of hydrogen-bond donors (Lipinski definition) is 2. The largest absolute Gasteiger partial charge is 0.505 e. The zero-order chi connectivity index (χ0) is 15.9. The Labute approximate surface area is 126 Å². The van der Waals surface area contributed by atoms with Gasteiger partial charge in [0.25, 0.3) is 5.56 Å². The number of hydrogen-bond acceptors (Lipinski definition) is 4.